The third kappa shape index (κ3) is 3.05. The second-order valence-corrected chi connectivity index (χ2v) is 4.97. The van der Waals surface area contributed by atoms with Gasteiger partial charge in [0.05, 0.1) is 7.11 Å². The molecule has 2 aromatic rings. The zero-order valence-electron chi connectivity index (χ0n) is 10.5. The van der Waals surface area contributed by atoms with Gasteiger partial charge in [0.2, 0.25) is 0 Å². The Balaban J connectivity index is 2.04. The molecule has 1 N–H and O–H groups in total. The summed E-state index contributed by atoms with van der Waals surface area (Å²) in [6, 6.07) is 14.3. The molecule has 0 bridgehead atoms. The molecule has 0 radical (unpaired) electrons. The fourth-order valence-electron chi connectivity index (χ4n) is 1.74. The topological polar surface area (TPSA) is 21.3 Å². The van der Waals surface area contributed by atoms with Crippen LogP contribution in [0.15, 0.2) is 46.9 Å². The molecule has 0 fully saturated rings. The largest absolute Gasteiger partial charge is 0.497 e. The number of hydrogen-bond donors (Lipinski definition) is 1. The Morgan fingerprint density at radius 1 is 1.11 bits per heavy atom. The number of halogens is 1. The number of anilines is 1. The SMILES string of the molecule is COc1ccc(CNc2cccc(Br)c2C)cc1. The van der Waals surface area contributed by atoms with Crippen LogP contribution in [0.2, 0.25) is 0 Å². The van der Waals surface area contributed by atoms with E-state index in [0.29, 0.717) is 0 Å². The lowest BCUT2D eigenvalue weighted by Gasteiger charge is -2.11. The summed E-state index contributed by atoms with van der Waals surface area (Å²) in [5.41, 5.74) is 3.61. The van der Waals surface area contributed by atoms with Crippen molar-refractivity contribution in [3.05, 3.63) is 58.1 Å². The predicted molar refractivity (Wildman–Crippen MR) is 79.2 cm³/mol. The number of hydrogen-bond acceptors (Lipinski definition) is 2. The molecular weight excluding hydrogens is 290 g/mol. The minimum atomic E-state index is 0.807. The molecule has 0 aliphatic rings. The number of nitrogens with one attached hydrogen (secondary N) is 1. The van der Waals surface area contributed by atoms with Gasteiger partial charge in [0, 0.05) is 16.7 Å². The van der Waals surface area contributed by atoms with Crippen molar-refractivity contribution in [3.63, 3.8) is 0 Å². The average Bonchev–Trinajstić information content (AvgIpc) is 2.41. The predicted octanol–water partition coefficient (Wildman–Crippen LogP) is 4.38. The Hall–Kier alpha value is -1.48. The molecule has 2 rings (SSSR count). The van der Waals surface area contributed by atoms with E-state index in [2.05, 4.69) is 46.4 Å². The monoisotopic (exact) mass is 305 g/mol. The lowest BCUT2D eigenvalue weighted by atomic mass is 10.1. The molecule has 0 heterocycles. The van der Waals surface area contributed by atoms with Gasteiger partial charge in [0.15, 0.2) is 0 Å². The zero-order valence-corrected chi connectivity index (χ0v) is 12.1. The quantitative estimate of drug-likeness (QED) is 0.905. The Morgan fingerprint density at radius 2 is 1.83 bits per heavy atom. The van der Waals surface area contributed by atoms with Crippen molar-refractivity contribution in [1.29, 1.82) is 0 Å². The van der Waals surface area contributed by atoms with Crippen molar-refractivity contribution in [2.75, 3.05) is 12.4 Å². The van der Waals surface area contributed by atoms with Gasteiger partial charge in [0.1, 0.15) is 5.75 Å². The van der Waals surface area contributed by atoms with Crippen LogP contribution < -0.4 is 10.1 Å². The highest BCUT2D eigenvalue weighted by molar-refractivity contribution is 9.10. The molecule has 0 amide bonds. The van der Waals surface area contributed by atoms with Crippen molar-refractivity contribution in [3.8, 4) is 5.75 Å². The van der Waals surface area contributed by atoms with E-state index in [9.17, 15) is 0 Å². The average molecular weight is 306 g/mol. The van der Waals surface area contributed by atoms with Crippen molar-refractivity contribution in [1.82, 2.24) is 0 Å². The molecular formula is C15H16BrNO. The van der Waals surface area contributed by atoms with Crippen LogP contribution in [0, 0.1) is 6.92 Å². The van der Waals surface area contributed by atoms with E-state index in [1.807, 2.05) is 24.3 Å². The highest BCUT2D eigenvalue weighted by atomic mass is 79.9. The van der Waals surface area contributed by atoms with E-state index in [4.69, 9.17) is 4.74 Å². The fraction of sp³-hybridized carbons (Fsp3) is 0.200. The van der Waals surface area contributed by atoms with E-state index in [-0.39, 0.29) is 0 Å². The van der Waals surface area contributed by atoms with Crippen LogP contribution in [-0.4, -0.2) is 7.11 Å². The lowest BCUT2D eigenvalue weighted by molar-refractivity contribution is 0.414. The van der Waals surface area contributed by atoms with Crippen LogP contribution in [-0.2, 0) is 6.54 Å². The van der Waals surface area contributed by atoms with Gasteiger partial charge in [-0.2, -0.15) is 0 Å². The number of ether oxygens (including phenoxy) is 1. The molecule has 0 aliphatic heterocycles. The van der Waals surface area contributed by atoms with Crippen molar-refractivity contribution >= 4 is 21.6 Å². The Kier molecular flexibility index (Phi) is 4.26. The van der Waals surface area contributed by atoms with Crippen LogP contribution in [0.25, 0.3) is 0 Å². The maximum atomic E-state index is 5.14. The molecule has 94 valence electrons. The first-order valence-electron chi connectivity index (χ1n) is 5.82. The minimum absolute atomic E-state index is 0.807. The normalized spacial score (nSPS) is 10.2. The zero-order chi connectivity index (χ0) is 13.0. The first-order valence-corrected chi connectivity index (χ1v) is 6.62. The Labute approximate surface area is 116 Å². The third-order valence-corrected chi connectivity index (χ3v) is 3.77. The number of methoxy groups -OCH3 is 1. The first-order chi connectivity index (χ1) is 8.70. The van der Waals surface area contributed by atoms with Gasteiger partial charge in [-0.15, -0.1) is 0 Å². The minimum Gasteiger partial charge on any atom is -0.497 e. The van der Waals surface area contributed by atoms with Crippen LogP contribution in [0.1, 0.15) is 11.1 Å². The summed E-state index contributed by atoms with van der Waals surface area (Å²) >= 11 is 3.53. The van der Waals surface area contributed by atoms with Crippen LogP contribution in [0.5, 0.6) is 5.75 Å². The van der Waals surface area contributed by atoms with Crippen LogP contribution in [0.3, 0.4) is 0 Å². The van der Waals surface area contributed by atoms with Gasteiger partial charge in [-0.1, -0.05) is 34.1 Å². The lowest BCUT2D eigenvalue weighted by Crippen LogP contribution is -2.01. The van der Waals surface area contributed by atoms with E-state index in [0.717, 1.165) is 22.5 Å². The molecule has 0 saturated carbocycles. The molecule has 0 atom stereocenters. The summed E-state index contributed by atoms with van der Waals surface area (Å²) in [4.78, 5) is 0. The Bertz CT molecular complexity index is 523. The van der Waals surface area contributed by atoms with Gasteiger partial charge >= 0.3 is 0 Å². The first kappa shape index (κ1) is 13.0. The molecule has 0 spiro atoms. The maximum Gasteiger partial charge on any atom is 0.118 e. The van der Waals surface area contributed by atoms with Gasteiger partial charge < -0.3 is 10.1 Å². The van der Waals surface area contributed by atoms with Gasteiger partial charge in [-0.25, -0.2) is 0 Å². The second kappa shape index (κ2) is 5.91. The fourth-order valence-corrected chi connectivity index (χ4v) is 2.11. The Morgan fingerprint density at radius 3 is 2.50 bits per heavy atom. The van der Waals surface area contributed by atoms with E-state index >= 15 is 0 Å². The summed E-state index contributed by atoms with van der Waals surface area (Å²) in [5, 5.41) is 3.44. The highest BCUT2D eigenvalue weighted by Crippen LogP contribution is 2.24. The second-order valence-electron chi connectivity index (χ2n) is 4.11. The van der Waals surface area contributed by atoms with E-state index in [1.165, 1.54) is 11.1 Å². The molecule has 0 unspecified atom stereocenters. The van der Waals surface area contributed by atoms with Crippen LogP contribution in [0.4, 0.5) is 5.69 Å². The summed E-state index contributed by atoms with van der Waals surface area (Å²) in [7, 11) is 1.68. The van der Waals surface area contributed by atoms with Gasteiger partial charge in [0.25, 0.3) is 0 Å². The van der Waals surface area contributed by atoms with Gasteiger partial charge in [-0.05, 0) is 42.3 Å². The van der Waals surface area contributed by atoms with Crippen molar-refractivity contribution in [2.45, 2.75) is 13.5 Å². The molecule has 0 aliphatic carbocycles. The maximum absolute atomic E-state index is 5.14. The summed E-state index contributed by atoms with van der Waals surface area (Å²) in [5.74, 6) is 0.886. The van der Waals surface area contributed by atoms with Crippen molar-refractivity contribution < 1.29 is 4.74 Å². The summed E-state index contributed by atoms with van der Waals surface area (Å²) in [6.45, 7) is 2.90. The van der Waals surface area contributed by atoms with E-state index in [1.54, 1.807) is 7.11 Å². The van der Waals surface area contributed by atoms with E-state index < -0.39 is 0 Å². The molecule has 18 heavy (non-hydrogen) atoms. The molecule has 0 aromatic heterocycles. The summed E-state index contributed by atoms with van der Waals surface area (Å²) in [6.07, 6.45) is 0. The smallest absolute Gasteiger partial charge is 0.118 e. The van der Waals surface area contributed by atoms with Crippen molar-refractivity contribution in [2.24, 2.45) is 0 Å². The molecule has 3 heteroatoms. The number of benzene rings is 2. The highest BCUT2D eigenvalue weighted by Gasteiger charge is 2.01. The number of rotatable bonds is 4. The van der Waals surface area contributed by atoms with Gasteiger partial charge in [-0.3, -0.25) is 0 Å². The molecule has 2 aromatic carbocycles. The molecule has 0 saturated heterocycles. The molecule has 2 nitrogen and oxygen atoms in total. The van der Waals surface area contributed by atoms with Crippen LogP contribution >= 0.6 is 15.9 Å². The summed E-state index contributed by atoms with van der Waals surface area (Å²) < 4.78 is 6.27. The standard InChI is InChI=1S/C15H16BrNO/c1-11-14(16)4-3-5-15(11)17-10-12-6-8-13(18-2)9-7-12/h3-9,17H,10H2,1-2H3. The third-order valence-electron chi connectivity index (χ3n) is 2.91.